The van der Waals surface area contributed by atoms with Gasteiger partial charge in [-0.05, 0) is 18.1 Å². The van der Waals surface area contributed by atoms with Gasteiger partial charge in [0.15, 0.2) is 0 Å². The minimum atomic E-state index is -0.918. The van der Waals surface area contributed by atoms with Crippen molar-refractivity contribution in [2.75, 3.05) is 31.7 Å². The number of pyridine rings is 1. The van der Waals surface area contributed by atoms with Crippen LogP contribution in [0.25, 0.3) is 0 Å². The van der Waals surface area contributed by atoms with Crippen LogP contribution in [0.1, 0.15) is 16.8 Å². The van der Waals surface area contributed by atoms with E-state index in [1.807, 2.05) is 4.90 Å². The lowest BCUT2D eigenvalue weighted by atomic mass is 10.1. The van der Waals surface area contributed by atoms with E-state index in [0.717, 1.165) is 13.0 Å². The molecule has 0 unspecified atom stereocenters. The maximum atomic E-state index is 11.1. The second-order valence-corrected chi connectivity index (χ2v) is 4.19. The van der Waals surface area contributed by atoms with Gasteiger partial charge in [-0.25, -0.2) is 4.79 Å². The Hall–Kier alpha value is -1.88. The molecule has 0 fully saturated rings. The molecule has 18 heavy (non-hydrogen) atoms. The summed E-state index contributed by atoms with van der Waals surface area (Å²) in [5.41, 5.74) is 2.24. The molecule has 0 amide bonds. The predicted molar refractivity (Wildman–Crippen MR) is 68.0 cm³/mol. The summed E-state index contributed by atoms with van der Waals surface area (Å²) in [6.45, 7) is 2.14. The van der Waals surface area contributed by atoms with E-state index in [9.17, 15) is 4.79 Å². The van der Waals surface area contributed by atoms with E-state index in [2.05, 4.69) is 11.1 Å². The molecule has 1 aliphatic heterocycles. The first-order valence-electron chi connectivity index (χ1n) is 5.81. The lowest BCUT2D eigenvalue weighted by molar-refractivity contribution is 0.0697. The second-order valence-electron chi connectivity index (χ2n) is 4.19. The fourth-order valence-corrected chi connectivity index (χ4v) is 2.07. The van der Waals surface area contributed by atoms with Gasteiger partial charge in [0.1, 0.15) is 0 Å². The molecule has 1 aromatic heterocycles. The van der Waals surface area contributed by atoms with Crippen LogP contribution in [0.4, 0.5) is 5.69 Å². The molecule has 2 heterocycles. The van der Waals surface area contributed by atoms with Gasteiger partial charge in [0.2, 0.25) is 0 Å². The number of aromatic nitrogens is 1. The Morgan fingerprint density at radius 3 is 3.06 bits per heavy atom. The van der Waals surface area contributed by atoms with E-state index < -0.39 is 5.97 Å². The Morgan fingerprint density at radius 2 is 2.44 bits per heavy atom. The van der Waals surface area contributed by atoms with Gasteiger partial charge in [-0.3, -0.25) is 4.98 Å². The minimum absolute atomic E-state index is 0.300. The normalized spacial score (nSPS) is 15.4. The molecule has 0 bridgehead atoms. The van der Waals surface area contributed by atoms with E-state index in [1.54, 1.807) is 13.3 Å². The number of carbonyl (C=O) groups is 1. The number of carboxylic acid groups (broad SMARTS) is 1. The molecule has 0 saturated carbocycles. The fourth-order valence-electron chi connectivity index (χ4n) is 2.07. The summed E-state index contributed by atoms with van der Waals surface area (Å²) in [4.78, 5) is 17.2. The van der Waals surface area contributed by atoms with Crippen LogP contribution in [0.5, 0.6) is 0 Å². The molecule has 0 aliphatic carbocycles. The van der Waals surface area contributed by atoms with Crippen molar-refractivity contribution >= 4 is 11.7 Å². The largest absolute Gasteiger partial charge is 0.478 e. The summed E-state index contributed by atoms with van der Waals surface area (Å²) in [5.74, 6) is -0.918. The van der Waals surface area contributed by atoms with Crippen LogP contribution in [-0.4, -0.2) is 42.9 Å². The lowest BCUT2D eigenvalue weighted by Gasteiger charge is -2.28. The quantitative estimate of drug-likeness (QED) is 0.819. The Balaban J connectivity index is 2.17. The number of anilines is 1. The van der Waals surface area contributed by atoms with Crippen LogP contribution in [0, 0.1) is 0 Å². The van der Waals surface area contributed by atoms with Crippen molar-refractivity contribution in [3.05, 3.63) is 35.7 Å². The molecule has 96 valence electrons. The lowest BCUT2D eigenvalue weighted by Crippen LogP contribution is -2.30. The van der Waals surface area contributed by atoms with Crippen LogP contribution in [0.3, 0.4) is 0 Å². The van der Waals surface area contributed by atoms with Gasteiger partial charge in [-0.1, -0.05) is 6.08 Å². The molecule has 1 N–H and O–H groups in total. The Labute approximate surface area is 106 Å². The monoisotopic (exact) mass is 248 g/mol. The zero-order valence-corrected chi connectivity index (χ0v) is 10.3. The second kappa shape index (κ2) is 5.64. The molecular formula is C13H16N2O3. The molecule has 2 rings (SSSR count). The summed E-state index contributed by atoms with van der Waals surface area (Å²) < 4.78 is 5.09. The number of aromatic carboxylic acids is 1. The number of nitrogens with zero attached hydrogens (tertiary/aromatic N) is 2. The van der Waals surface area contributed by atoms with Crippen molar-refractivity contribution in [1.29, 1.82) is 0 Å². The van der Waals surface area contributed by atoms with Gasteiger partial charge < -0.3 is 14.7 Å². The summed E-state index contributed by atoms with van der Waals surface area (Å²) >= 11 is 0. The molecular weight excluding hydrogens is 232 g/mol. The minimum Gasteiger partial charge on any atom is -0.478 e. The van der Waals surface area contributed by atoms with Crippen molar-refractivity contribution in [1.82, 2.24) is 4.98 Å². The molecule has 0 spiro atoms. The molecule has 0 saturated heterocycles. The zero-order valence-electron chi connectivity index (χ0n) is 10.3. The van der Waals surface area contributed by atoms with Crippen LogP contribution >= 0.6 is 0 Å². The highest BCUT2D eigenvalue weighted by atomic mass is 16.5. The first-order chi connectivity index (χ1) is 8.72. The highest BCUT2D eigenvalue weighted by Gasteiger charge is 2.18. The molecule has 0 aromatic carbocycles. The SMILES string of the molecule is COCC1=CCN(c2cnccc2C(=O)O)CC1. The van der Waals surface area contributed by atoms with Gasteiger partial charge in [0.25, 0.3) is 0 Å². The smallest absolute Gasteiger partial charge is 0.337 e. The maximum Gasteiger partial charge on any atom is 0.337 e. The summed E-state index contributed by atoms with van der Waals surface area (Å²) in [6.07, 6.45) is 6.09. The van der Waals surface area contributed by atoms with Crippen molar-refractivity contribution < 1.29 is 14.6 Å². The van der Waals surface area contributed by atoms with E-state index in [-0.39, 0.29) is 0 Å². The standard InChI is InChI=1S/C13H16N2O3/c1-18-9-10-3-6-15(7-4-10)12-8-14-5-2-11(12)13(16)17/h2-3,5,8H,4,6-7,9H2,1H3,(H,16,17). The number of hydrogen-bond donors (Lipinski definition) is 1. The highest BCUT2D eigenvalue weighted by Crippen LogP contribution is 2.23. The number of methoxy groups -OCH3 is 1. The number of hydrogen-bond acceptors (Lipinski definition) is 4. The Morgan fingerprint density at radius 1 is 1.61 bits per heavy atom. The van der Waals surface area contributed by atoms with Crippen LogP contribution < -0.4 is 4.90 Å². The molecule has 5 heteroatoms. The van der Waals surface area contributed by atoms with Crippen LogP contribution in [-0.2, 0) is 4.74 Å². The van der Waals surface area contributed by atoms with Gasteiger partial charge in [0.05, 0.1) is 24.1 Å². The van der Waals surface area contributed by atoms with E-state index >= 15 is 0 Å². The maximum absolute atomic E-state index is 11.1. The van der Waals surface area contributed by atoms with Crippen molar-refractivity contribution in [2.24, 2.45) is 0 Å². The fraction of sp³-hybridized carbons (Fsp3) is 0.385. The molecule has 0 radical (unpaired) electrons. The first kappa shape index (κ1) is 12.6. The number of carboxylic acids is 1. The molecule has 0 atom stereocenters. The molecule has 5 nitrogen and oxygen atoms in total. The van der Waals surface area contributed by atoms with Crippen molar-refractivity contribution in [3.63, 3.8) is 0 Å². The third-order valence-electron chi connectivity index (χ3n) is 3.00. The molecule has 1 aromatic rings. The van der Waals surface area contributed by atoms with Crippen molar-refractivity contribution in [3.8, 4) is 0 Å². The first-order valence-corrected chi connectivity index (χ1v) is 5.81. The topological polar surface area (TPSA) is 62.7 Å². The van der Waals surface area contributed by atoms with Gasteiger partial charge >= 0.3 is 5.97 Å². The van der Waals surface area contributed by atoms with Gasteiger partial charge in [-0.2, -0.15) is 0 Å². The van der Waals surface area contributed by atoms with Crippen LogP contribution in [0.2, 0.25) is 0 Å². The summed E-state index contributed by atoms with van der Waals surface area (Å²) in [5, 5.41) is 9.14. The third kappa shape index (κ3) is 2.68. The van der Waals surface area contributed by atoms with Crippen molar-refractivity contribution in [2.45, 2.75) is 6.42 Å². The van der Waals surface area contributed by atoms with Crippen LogP contribution in [0.15, 0.2) is 30.1 Å². The summed E-state index contributed by atoms with van der Waals surface area (Å²) in [7, 11) is 1.68. The van der Waals surface area contributed by atoms with E-state index in [0.29, 0.717) is 24.4 Å². The third-order valence-corrected chi connectivity index (χ3v) is 3.00. The average Bonchev–Trinajstić information content (AvgIpc) is 2.40. The molecule has 1 aliphatic rings. The Kier molecular flexibility index (Phi) is 3.94. The van der Waals surface area contributed by atoms with E-state index in [4.69, 9.17) is 9.84 Å². The number of rotatable bonds is 4. The number of ether oxygens (including phenoxy) is 1. The Bertz CT molecular complexity index is 471. The average molecular weight is 248 g/mol. The summed E-state index contributed by atoms with van der Waals surface area (Å²) in [6, 6.07) is 1.53. The highest BCUT2D eigenvalue weighted by molar-refractivity contribution is 5.94. The van der Waals surface area contributed by atoms with Gasteiger partial charge in [-0.15, -0.1) is 0 Å². The van der Waals surface area contributed by atoms with Gasteiger partial charge in [0, 0.05) is 26.4 Å². The van der Waals surface area contributed by atoms with E-state index in [1.165, 1.54) is 17.8 Å². The predicted octanol–water partition coefficient (Wildman–Crippen LogP) is 1.56. The zero-order chi connectivity index (χ0) is 13.0.